The number of nitrogens with one attached hydrogen (secondary N) is 1. The van der Waals surface area contributed by atoms with Gasteiger partial charge in [0.2, 0.25) is 5.91 Å². The van der Waals surface area contributed by atoms with Crippen molar-refractivity contribution in [2.75, 3.05) is 5.75 Å². The molecule has 0 saturated heterocycles. The molecule has 21 heavy (non-hydrogen) atoms. The van der Waals surface area contributed by atoms with Crippen LogP contribution in [0.2, 0.25) is 5.02 Å². The SMILES string of the molecule is O=C(C[S@@](=O)Cc1ccc(F)cc1Cl)NCc1ccco1. The molecule has 1 atom stereocenters. The van der Waals surface area contributed by atoms with Gasteiger partial charge >= 0.3 is 0 Å². The number of hydrogen-bond donors (Lipinski definition) is 1. The fourth-order valence-corrected chi connectivity index (χ4v) is 3.07. The summed E-state index contributed by atoms with van der Waals surface area (Å²) in [6.07, 6.45) is 1.51. The van der Waals surface area contributed by atoms with Crippen molar-refractivity contribution in [3.8, 4) is 0 Å². The van der Waals surface area contributed by atoms with Gasteiger partial charge in [-0.1, -0.05) is 17.7 Å². The second-order valence-corrected chi connectivity index (χ2v) is 6.18. The highest BCUT2D eigenvalue weighted by Crippen LogP contribution is 2.18. The Morgan fingerprint density at radius 3 is 2.86 bits per heavy atom. The second-order valence-electron chi connectivity index (χ2n) is 4.32. The smallest absolute Gasteiger partial charge is 0.233 e. The molecule has 1 aromatic carbocycles. The Bertz CT molecular complexity index is 646. The Morgan fingerprint density at radius 1 is 1.38 bits per heavy atom. The maximum Gasteiger partial charge on any atom is 0.233 e. The molecule has 2 rings (SSSR count). The predicted molar refractivity (Wildman–Crippen MR) is 78.7 cm³/mol. The van der Waals surface area contributed by atoms with Crippen molar-refractivity contribution < 1.29 is 17.8 Å². The van der Waals surface area contributed by atoms with E-state index in [0.29, 0.717) is 11.3 Å². The summed E-state index contributed by atoms with van der Waals surface area (Å²) in [5.41, 5.74) is 0.551. The minimum Gasteiger partial charge on any atom is -0.467 e. The summed E-state index contributed by atoms with van der Waals surface area (Å²) in [6.45, 7) is 0.250. The average Bonchev–Trinajstić information content (AvgIpc) is 2.93. The first kappa shape index (κ1) is 15.7. The van der Waals surface area contributed by atoms with Crippen LogP contribution >= 0.6 is 11.6 Å². The lowest BCUT2D eigenvalue weighted by Crippen LogP contribution is -2.28. The summed E-state index contributed by atoms with van der Waals surface area (Å²) in [5.74, 6) is -0.216. The molecule has 1 N–H and O–H groups in total. The van der Waals surface area contributed by atoms with E-state index in [9.17, 15) is 13.4 Å². The first-order valence-electron chi connectivity index (χ1n) is 6.12. The van der Waals surface area contributed by atoms with Crippen LogP contribution in [0.25, 0.3) is 0 Å². The van der Waals surface area contributed by atoms with E-state index < -0.39 is 16.6 Å². The molecular formula is C14H13ClFNO3S. The van der Waals surface area contributed by atoms with Crippen LogP contribution in [0, 0.1) is 5.82 Å². The van der Waals surface area contributed by atoms with E-state index in [1.807, 2.05) is 0 Å². The molecule has 0 aliphatic carbocycles. The van der Waals surface area contributed by atoms with Gasteiger partial charge in [-0.3, -0.25) is 9.00 Å². The van der Waals surface area contributed by atoms with Crippen LogP contribution in [0.1, 0.15) is 11.3 Å². The highest BCUT2D eigenvalue weighted by atomic mass is 35.5. The molecule has 0 fully saturated rings. The Balaban J connectivity index is 1.82. The number of hydrogen-bond acceptors (Lipinski definition) is 3. The molecule has 0 saturated carbocycles. The predicted octanol–water partition coefficient (Wildman–Crippen LogP) is 2.64. The Hall–Kier alpha value is -1.66. The van der Waals surface area contributed by atoms with Crippen molar-refractivity contribution in [3.05, 3.63) is 58.8 Å². The van der Waals surface area contributed by atoms with E-state index in [1.165, 1.54) is 18.4 Å². The van der Waals surface area contributed by atoms with E-state index in [0.717, 1.165) is 6.07 Å². The van der Waals surface area contributed by atoms with Crippen molar-refractivity contribution in [1.29, 1.82) is 0 Å². The molecule has 0 bridgehead atoms. The van der Waals surface area contributed by atoms with Gasteiger partial charge < -0.3 is 9.73 Å². The maximum absolute atomic E-state index is 12.9. The third-order valence-corrected chi connectivity index (χ3v) is 4.23. The van der Waals surface area contributed by atoms with Crippen LogP contribution in [0.3, 0.4) is 0 Å². The maximum atomic E-state index is 12.9. The van der Waals surface area contributed by atoms with Crippen LogP contribution in [-0.4, -0.2) is 15.9 Å². The summed E-state index contributed by atoms with van der Waals surface area (Å²) in [4.78, 5) is 11.6. The number of furan rings is 1. The summed E-state index contributed by atoms with van der Waals surface area (Å²) >= 11 is 5.85. The summed E-state index contributed by atoms with van der Waals surface area (Å²) < 4.78 is 29.9. The zero-order valence-corrected chi connectivity index (χ0v) is 12.5. The molecule has 1 amide bonds. The minimum absolute atomic E-state index is 0.104. The highest BCUT2D eigenvalue weighted by Gasteiger charge is 2.11. The number of benzene rings is 1. The van der Waals surface area contributed by atoms with Gasteiger partial charge in [-0.15, -0.1) is 0 Å². The van der Waals surface area contributed by atoms with E-state index in [1.54, 1.807) is 12.1 Å². The largest absolute Gasteiger partial charge is 0.467 e. The molecule has 4 nitrogen and oxygen atoms in total. The lowest BCUT2D eigenvalue weighted by Gasteiger charge is -2.06. The van der Waals surface area contributed by atoms with Crippen LogP contribution in [-0.2, 0) is 27.9 Å². The lowest BCUT2D eigenvalue weighted by atomic mass is 10.2. The second kappa shape index (κ2) is 7.38. The van der Waals surface area contributed by atoms with Crippen LogP contribution in [0.15, 0.2) is 41.0 Å². The quantitative estimate of drug-likeness (QED) is 0.886. The third-order valence-electron chi connectivity index (χ3n) is 2.66. The van der Waals surface area contributed by atoms with Gasteiger partial charge in [0.05, 0.1) is 18.6 Å². The summed E-state index contributed by atoms with van der Waals surface area (Å²) in [7, 11) is -1.42. The Labute approximate surface area is 128 Å². The van der Waals surface area contributed by atoms with Crippen LogP contribution in [0.5, 0.6) is 0 Å². The van der Waals surface area contributed by atoms with Gasteiger partial charge in [0.1, 0.15) is 17.3 Å². The molecule has 1 heterocycles. The zero-order chi connectivity index (χ0) is 15.2. The number of halogens is 2. The molecule has 1 aromatic heterocycles. The normalized spacial score (nSPS) is 12.1. The number of amides is 1. The number of rotatable bonds is 6. The van der Waals surface area contributed by atoms with Gasteiger partial charge in [0.15, 0.2) is 0 Å². The van der Waals surface area contributed by atoms with Crippen LogP contribution < -0.4 is 5.32 Å². The average molecular weight is 330 g/mol. The van der Waals surface area contributed by atoms with Crippen molar-refractivity contribution >= 4 is 28.3 Å². The molecule has 0 radical (unpaired) electrons. The van der Waals surface area contributed by atoms with E-state index >= 15 is 0 Å². The molecule has 7 heteroatoms. The molecule has 0 spiro atoms. The van der Waals surface area contributed by atoms with Crippen molar-refractivity contribution in [3.63, 3.8) is 0 Å². The highest BCUT2D eigenvalue weighted by molar-refractivity contribution is 7.84. The monoisotopic (exact) mass is 329 g/mol. The Morgan fingerprint density at radius 2 is 2.19 bits per heavy atom. The van der Waals surface area contributed by atoms with Crippen molar-refractivity contribution in [2.45, 2.75) is 12.3 Å². The Kier molecular flexibility index (Phi) is 5.52. The summed E-state index contributed by atoms with van der Waals surface area (Å²) in [6, 6.07) is 7.32. The topological polar surface area (TPSA) is 59.3 Å². The molecule has 2 aromatic rings. The first-order valence-corrected chi connectivity index (χ1v) is 7.99. The van der Waals surface area contributed by atoms with Gasteiger partial charge in [0, 0.05) is 15.8 Å². The standard InChI is InChI=1S/C14H13ClFNO3S/c15-13-6-11(16)4-3-10(13)8-21(19)9-14(18)17-7-12-2-1-5-20-12/h1-6H,7-9H2,(H,17,18)/t21-/m0/s1. The molecule has 112 valence electrons. The van der Waals surface area contributed by atoms with Crippen molar-refractivity contribution in [1.82, 2.24) is 5.32 Å². The first-order chi connectivity index (χ1) is 10.0. The number of carbonyl (C=O) groups excluding carboxylic acids is 1. The van der Waals surface area contributed by atoms with Gasteiger partial charge in [-0.2, -0.15) is 0 Å². The lowest BCUT2D eigenvalue weighted by molar-refractivity contribution is -0.118. The van der Waals surface area contributed by atoms with Gasteiger partial charge in [0.25, 0.3) is 0 Å². The minimum atomic E-state index is -1.42. The molecular weight excluding hydrogens is 317 g/mol. The van der Waals surface area contributed by atoms with Gasteiger partial charge in [-0.25, -0.2) is 4.39 Å². The molecule has 0 aliphatic heterocycles. The van der Waals surface area contributed by atoms with E-state index in [2.05, 4.69) is 5.32 Å². The third kappa shape index (κ3) is 4.99. The van der Waals surface area contributed by atoms with Crippen LogP contribution in [0.4, 0.5) is 4.39 Å². The van der Waals surface area contributed by atoms with Crippen molar-refractivity contribution in [2.24, 2.45) is 0 Å². The van der Waals surface area contributed by atoms with Gasteiger partial charge in [-0.05, 0) is 29.8 Å². The summed E-state index contributed by atoms with van der Waals surface area (Å²) in [5, 5.41) is 2.81. The van der Waals surface area contributed by atoms with E-state index in [4.69, 9.17) is 16.0 Å². The number of carbonyl (C=O) groups is 1. The fourth-order valence-electron chi connectivity index (χ4n) is 1.66. The fraction of sp³-hybridized carbons (Fsp3) is 0.214. The molecule has 0 aliphatic rings. The van der Waals surface area contributed by atoms with E-state index in [-0.39, 0.29) is 29.0 Å². The molecule has 0 unspecified atom stereocenters. The zero-order valence-electron chi connectivity index (χ0n) is 11.0.